The van der Waals surface area contributed by atoms with Gasteiger partial charge < -0.3 is 9.80 Å². The summed E-state index contributed by atoms with van der Waals surface area (Å²) in [5.41, 5.74) is 3.18. The summed E-state index contributed by atoms with van der Waals surface area (Å²) in [5, 5.41) is 4.63. The fourth-order valence-corrected chi connectivity index (χ4v) is 6.50. The van der Waals surface area contributed by atoms with Gasteiger partial charge in [0.2, 0.25) is 0 Å². The molecule has 0 spiro atoms. The van der Waals surface area contributed by atoms with Gasteiger partial charge in [-0.1, -0.05) is 6.07 Å². The number of nitrogens with zero attached hydrogens (tertiary/aromatic N) is 7. The Morgan fingerprint density at radius 2 is 2.09 bits per heavy atom. The van der Waals surface area contributed by atoms with Crippen LogP contribution in [-0.4, -0.2) is 55.0 Å². The van der Waals surface area contributed by atoms with Crippen LogP contribution in [0.3, 0.4) is 0 Å². The van der Waals surface area contributed by atoms with E-state index < -0.39 is 0 Å². The molecule has 0 N–H and O–H groups in total. The second-order valence-corrected chi connectivity index (χ2v) is 11.3. The second-order valence-electron chi connectivity index (χ2n) is 8.90. The maximum Gasteiger partial charge on any atom is 0.275 e. The van der Waals surface area contributed by atoms with Crippen molar-refractivity contribution < 1.29 is 4.79 Å². The lowest BCUT2D eigenvalue weighted by atomic mass is 10.0. The van der Waals surface area contributed by atoms with E-state index in [1.54, 1.807) is 22.4 Å². The predicted molar refractivity (Wildman–Crippen MR) is 136 cm³/mol. The van der Waals surface area contributed by atoms with E-state index in [1.165, 1.54) is 15.5 Å². The molecule has 1 unspecified atom stereocenters. The summed E-state index contributed by atoms with van der Waals surface area (Å²) in [6.45, 7) is 4.61. The Hall–Kier alpha value is -3.18. The lowest BCUT2D eigenvalue weighted by Crippen LogP contribution is -2.33. The van der Waals surface area contributed by atoms with Crippen LogP contribution in [0.15, 0.2) is 45.2 Å². The number of halogens is 1. The third-order valence-electron chi connectivity index (χ3n) is 6.62. The fourth-order valence-electron chi connectivity index (χ4n) is 4.85. The predicted octanol–water partition coefficient (Wildman–Crippen LogP) is 3.20. The van der Waals surface area contributed by atoms with Crippen molar-refractivity contribution in [1.82, 2.24) is 29.5 Å². The van der Waals surface area contributed by atoms with Gasteiger partial charge in [-0.3, -0.25) is 14.6 Å². The standard InChI is InChI=1S/C24H22BrN7O2S/c1-14-10-20-27-18(23(34)31-8-5-15(12-31)16-4-2-3-7-26-16)11-21(33)32(20)29-22(14)30-9-6-17-19(13-30)35-24(25)28-17/h2-4,7,10-11,15H,5-6,8-9,12-13H2,1H3. The van der Waals surface area contributed by atoms with E-state index in [-0.39, 0.29) is 23.1 Å². The Balaban J connectivity index is 1.27. The lowest BCUT2D eigenvalue weighted by Gasteiger charge is -2.28. The van der Waals surface area contributed by atoms with Crippen LogP contribution in [-0.2, 0) is 13.0 Å². The number of fused-ring (bicyclic) bond motifs is 2. The zero-order chi connectivity index (χ0) is 24.1. The smallest absolute Gasteiger partial charge is 0.275 e. The fraction of sp³-hybridized carbons (Fsp3) is 0.333. The van der Waals surface area contributed by atoms with E-state index in [1.807, 2.05) is 31.2 Å². The zero-order valence-corrected chi connectivity index (χ0v) is 21.4. The number of hydrogen-bond donors (Lipinski definition) is 0. The molecule has 11 heteroatoms. The molecule has 2 aliphatic heterocycles. The van der Waals surface area contributed by atoms with E-state index >= 15 is 0 Å². The van der Waals surface area contributed by atoms with E-state index in [0.29, 0.717) is 25.3 Å². The van der Waals surface area contributed by atoms with Crippen molar-refractivity contribution in [2.75, 3.05) is 24.5 Å². The maximum atomic E-state index is 13.2. The monoisotopic (exact) mass is 551 g/mol. The van der Waals surface area contributed by atoms with Crippen LogP contribution >= 0.6 is 27.3 Å². The third-order valence-corrected chi connectivity index (χ3v) is 8.15. The summed E-state index contributed by atoms with van der Waals surface area (Å²) in [4.78, 5) is 44.8. The number of carbonyl (C=O) groups excluding carboxylic acids is 1. The number of rotatable bonds is 3. The molecule has 178 valence electrons. The molecule has 0 aliphatic carbocycles. The van der Waals surface area contributed by atoms with Crippen molar-refractivity contribution in [3.63, 3.8) is 0 Å². The lowest BCUT2D eigenvalue weighted by molar-refractivity contribution is 0.0785. The van der Waals surface area contributed by atoms with Crippen molar-refractivity contribution in [1.29, 1.82) is 0 Å². The minimum atomic E-state index is -0.363. The molecule has 4 aromatic heterocycles. The normalized spacial score (nSPS) is 17.7. The number of amides is 1. The van der Waals surface area contributed by atoms with Gasteiger partial charge in [0.25, 0.3) is 11.5 Å². The van der Waals surface area contributed by atoms with Gasteiger partial charge in [0.15, 0.2) is 15.4 Å². The number of pyridine rings is 1. The van der Waals surface area contributed by atoms with Crippen LogP contribution in [0.4, 0.5) is 5.82 Å². The highest BCUT2D eigenvalue weighted by Gasteiger charge is 2.30. The highest BCUT2D eigenvalue weighted by Crippen LogP contribution is 2.31. The van der Waals surface area contributed by atoms with Gasteiger partial charge in [0.1, 0.15) is 5.69 Å². The average molecular weight is 552 g/mol. The number of aromatic nitrogens is 5. The minimum Gasteiger partial charge on any atom is -0.349 e. The maximum absolute atomic E-state index is 13.2. The number of thiazole rings is 1. The number of likely N-dealkylation sites (tertiary alicyclic amines) is 1. The molecule has 2 aliphatic rings. The van der Waals surface area contributed by atoms with E-state index in [4.69, 9.17) is 0 Å². The van der Waals surface area contributed by atoms with Gasteiger partial charge in [-0.15, -0.1) is 16.4 Å². The van der Waals surface area contributed by atoms with Crippen LogP contribution in [0.5, 0.6) is 0 Å². The highest BCUT2D eigenvalue weighted by molar-refractivity contribution is 9.11. The molecule has 4 aromatic rings. The molecular weight excluding hydrogens is 530 g/mol. The molecule has 6 rings (SSSR count). The molecule has 0 saturated carbocycles. The van der Waals surface area contributed by atoms with Crippen molar-refractivity contribution in [3.05, 3.63) is 78.3 Å². The molecule has 1 atom stereocenters. The summed E-state index contributed by atoms with van der Waals surface area (Å²) in [6, 6.07) is 8.96. The molecule has 0 aromatic carbocycles. The zero-order valence-electron chi connectivity index (χ0n) is 19.0. The number of anilines is 1. The SMILES string of the molecule is Cc1cc2nc(C(=O)N3CCC(c4ccccn4)C3)cc(=O)n2nc1N1CCc2nc(Br)sc2C1. The van der Waals surface area contributed by atoms with Gasteiger partial charge in [0.05, 0.1) is 12.2 Å². The van der Waals surface area contributed by atoms with Crippen LogP contribution in [0.1, 0.15) is 44.7 Å². The van der Waals surface area contributed by atoms with Crippen LogP contribution in [0, 0.1) is 6.92 Å². The molecule has 6 heterocycles. The molecular formula is C24H22BrN7O2S. The Morgan fingerprint density at radius 3 is 2.91 bits per heavy atom. The first kappa shape index (κ1) is 22.3. The van der Waals surface area contributed by atoms with Gasteiger partial charge in [-0.2, -0.15) is 4.52 Å². The Labute approximate surface area is 213 Å². The van der Waals surface area contributed by atoms with Gasteiger partial charge in [0, 0.05) is 54.8 Å². The molecule has 1 saturated heterocycles. The van der Waals surface area contributed by atoms with Crippen molar-refractivity contribution >= 4 is 44.6 Å². The molecule has 0 bridgehead atoms. The van der Waals surface area contributed by atoms with Gasteiger partial charge >= 0.3 is 0 Å². The molecule has 0 radical (unpaired) electrons. The van der Waals surface area contributed by atoms with Gasteiger partial charge in [-0.05, 0) is 53.0 Å². The molecule has 1 amide bonds. The number of hydrogen-bond acceptors (Lipinski definition) is 8. The Kier molecular flexibility index (Phi) is 5.60. The Morgan fingerprint density at radius 1 is 1.20 bits per heavy atom. The first-order chi connectivity index (χ1) is 17.0. The van der Waals surface area contributed by atoms with Crippen LogP contribution in [0.2, 0.25) is 0 Å². The molecule has 35 heavy (non-hydrogen) atoms. The molecule has 1 fully saturated rings. The van der Waals surface area contributed by atoms with E-state index in [2.05, 4.69) is 40.9 Å². The summed E-state index contributed by atoms with van der Waals surface area (Å²) in [5.74, 6) is 0.704. The Bertz CT molecular complexity index is 1500. The topological polar surface area (TPSA) is 96.6 Å². The van der Waals surface area contributed by atoms with E-state index in [9.17, 15) is 9.59 Å². The summed E-state index contributed by atoms with van der Waals surface area (Å²) in [7, 11) is 0. The van der Waals surface area contributed by atoms with Crippen molar-refractivity contribution in [3.8, 4) is 0 Å². The largest absolute Gasteiger partial charge is 0.349 e. The second kappa shape index (κ2) is 8.80. The first-order valence-electron chi connectivity index (χ1n) is 11.5. The average Bonchev–Trinajstić information content (AvgIpc) is 3.49. The molecule has 9 nitrogen and oxygen atoms in total. The third kappa shape index (κ3) is 4.12. The van der Waals surface area contributed by atoms with E-state index in [0.717, 1.165) is 46.1 Å². The van der Waals surface area contributed by atoms with Crippen LogP contribution < -0.4 is 10.5 Å². The summed E-state index contributed by atoms with van der Waals surface area (Å²) >= 11 is 5.09. The summed E-state index contributed by atoms with van der Waals surface area (Å²) in [6.07, 6.45) is 3.44. The minimum absolute atomic E-state index is 0.155. The van der Waals surface area contributed by atoms with Crippen molar-refractivity contribution in [2.45, 2.75) is 32.2 Å². The van der Waals surface area contributed by atoms with Crippen molar-refractivity contribution in [2.24, 2.45) is 0 Å². The quantitative estimate of drug-likeness (QED) is 0.385. The highest BCUT2D eigenvalue weighted by atomic mass is 79.9. The number of aryl methyl sites for hydroxylation is 1. The first-order valence-corrected chi connectivity index (χ1v) is 13.1. The number of carbonyl (C=O) groups is 1. The summed E-state index contributed by atoms with van der Waals surface area (Å²) < 4.78 is 2.17. The van der Waals surface area contributed by atoms with Gasteiger partial charge in [-0.25, -0.2) is 9.97 Å². The van der Waals surface area contributed by atoms with Crippen LogP contribution in [0.25, 0.3) is 5.65 Å².